The van der Waals surface area contributed by atoms with Crippen molar-refractivity contribution in [3.05, 3.63) is 9.47 Å². The Morgan fingerprint density at radius 1 is 1.40 bits per heavy atom. The van der Waals surface area contributed by atoms with E-state index in [4.69, 9.17) is 9.47 Å². The van der Waals surface area contributed by atoms with E-state index in [9.17, 15) is 4.79 Å². The minimum atomic E-state index is -0.702. The van der Waals surface area contributed by atoms with Crippen LogP contribution in [0.5, 0.6) is 0 Å². The highest BCUT2D eigenvalue weighted by atomic mass is 79.9. The van der Waals surface area contributed by atoms with Crippen molar-refractivity contribution in [1.82, 2.24) is 0 Å². The fraction of sp³-hybridized carbons (Fsp3) is 0.700. The van der Waals surface area contributed by atoms with Gasteiger partial charge in [-0.25, -0.2) is 0 Å². The number of Topliss-reactive ketones (excluding diaryl/α,β-unsaturated/α-hetero) is 1. The second-order valence-electron chi connectivity index (χ2n) is 3.80. The van der Waals surface area contributed by atoms with Crippen molar-refractivity contribution in [2.45, 2.75) is 45.2 Å². The van der Waals surface area contributed by atoms with Crippen molar-refractivity contribution >= 4 is 37.6 Å². The molecule has 3 nitrogen and oxygen atoms in total. The molecule has 1 fully saturated rings. The van der Waals surface area contributed by atoms with Gasteiger partial charge in [-0.1, -0.05) is 6.92 Å². The highest BCUT2D eigenvalue weighted by Crippen LogP contribution is 2.31. The lowest BCUT2D eigenvalue weighted by atomic mass is 10.1. The van der Waals surface area contributed by atoms with Crippen molar-refractivity contribution in [2.24, 2.45) is 0 Å². The Bertz CT molecular complexity index is 282. The van der Waals surface area contributed by atoms with Gasteiger partial charge in [-0.2, -0.15) is 0 Å². The van der Waals surface area contributed by atoms with Gasteiger partial charge in [-0.05, 0) is 51.8 Å². The molecule has 5 heteroatoms. The highest BCUT2D eigenvalue weighted by molar-refractivity contribution is 9.28. The van der Waals surface area contributed by atoms with Crippen molar-refractivity contribution in [3.63, 3.8) is 0 Å². The largest absolute Gasteiger partial charge is 0.340 e. The first-order valence-electron chi connectivity index (χ1n) is 4.77. The van der Waals surface area contributed by atoms with E-state index in [1.807, 2.05) is 6.92 Å². The summed E-state index contributed by atoms with van der Waals surface area (Å²) in [6.07, 6.45) is 1.40. The van der Waals surface area contributed by atoms with E-state index in [-0.39, 0.29) is 11.9 Å². The maximum atomic E-state index is 11.6. The number of carbonyl (C=O) groups excluding carboxylic acids is 1. The summed E-state index contributed by atoms with van der Waals surface area (Å²) < 4.78 is 11.9. The monoisotopic (exact) mass is 340 g/mol. The van der Waals surface area contributed by atoms with Crippen LogP contribution < -0.4 is 0 Å². The van der Waals surface area contributed by atoms with Gasteiger partial charge in [0.15, 0.2) is 11.6 Å². The predicted molar refractivity (Wildman–Crippen MR) is 65.1 cm³/mol. The van der Waals surface area contributed by atoms with Crippen molar-refractivity contribution < 1.29 is 14.3 Å². The third-order valence-electron chi connectivity index (χ3n) is 2.09. The molecule has 0 amide bonds. The zero-order valence-electron chi connectivity index (χ0n) is 8.92. The molecule has 1 heterocycles. The lowest BCUT2D eigenvalue weighted by Gasteiger charge is -2.15. The molecular weight excluding hydrogens is 328 g/mol. The van der Waals surface area contributed by atoms with Gasteiger partial charge in [-0.3, -0.25) is 4.79 Å². The maximum absolute atomic E-state index is 11.6. The summed E-state index contributed by atoms with van der Waals surface area (Å²) in [4.78, 5) is 11.6. The molecule has 1 rings (SSSR count). The van der Waals surface area contributed by atoms with Gasteiger partial charge < -0.3 is 9.47 Å². The average molecular weight is 342 g/mol. The number of halogens is 2. The van der Waals surface area contributed by atoms with Crippen molar-refractivity contribution in [2.75, 3.05) is 0 Å². The molecular formula is C10H14Br2O3. The molecule has 0 spiro atoms. The zero-order chi connectivity index (χ0) is 11.6. The molecule has 0 N–H and O–H groups in total. The van der Waals surface area contributed by atoms with Crippen LogP contribution in [0, 0.1) is 0 Å². The molecule has 0 radical (unpaired) electrons. The summed E-state index contributed by atoms with van der Waals surface area (Å²) in [5.74, 6) is -0.644. The van der Waals surface area contributed by atoms with Gasteiger partial charge in [0, 0.05) is 6.42 Å². The number of ether oxygens (including phenoxy) is 2. The average Bonchev–Trinajstić information content (AvgIpc) is 2.38. The summed E-state index contributed by atoms with van der Waals surface area (Å²) in [5.41, 5.74) is 0. The minimum Gasteiger partial charge on any atom is -0.340 e. The Morgan fingerprint density at radius 3 is 2.47 bits per heavy atom. The van der Waals surface area contributed by atoms with Crippen LogP contribution in [0.15, 0.2) is 9.47 Å². The van der Waals surface area contributed by atoms with Gasteiger partial charge in [-0.15, -0.1) is 0 Å². The molecule has 0 bridgehead atoms. The number of hydrogen-bond donors (Lipinski definition) is 0. The van der Waals surface area contributed by atoms with Crippen LogP contribution in [0.3, 0.4) is 0 Å². The Kier molecular flexibility index (Phi) is 4.52. The van der Waals surface area contributed by atoms with E-state index in [1.165, 1.54) is 0 Å². The van der Waals surface area contributed by atoms with Crippen LogP contribution in [-0.4, -0.2) is 23.8 Å². The molecule has 0 aromatic heterocycles. The normalized spacial score (nSPS) is 28.9. The van der Waals surface area contributed by atoms with Crippen LogP contribution in [0.4, 0.5) is 0 Å². The standard InChI is InChI=1S/C10H14Br2O3/c1-4-6(13)9-7(5-8(11)12)14-10(2,3)15-9/h5,7,9H,4H2,1-3H3/t7-,9+/m1/s1. The molecule has 2 atom stereocenters. The molecule has 15 heavy (non-hydrogen) atoms. The quantitative estimate of drug-likeness (QED) is 0.791. The summed E-state index contributed by atoms with van der Waals surface area (Å²) >= 11 is 6.50. The van der Waals surface area contributed by atoms with Gasteiger partial charge in [0.25, 0.3) is 0 Å². The molecule has 0 aliphatic carbocycles. The summed E-state index contributed by atoms with van der Waals surface area (Å²) in [7, 11) is 0. The van der Waals surface area contributed by atoms with E-state index in [0.717, 1.165) is 3.39 Å². The first-order valence-corrected chi connectivity index (χ1v) is 6.35. The minimum absolute atomic E-state index is 0.0584. The predicted octanol–water partition coefficient (Wildman–Crippen LogP) is 3.12. The number of rotatable bonds is 3. The van der Waals surface area contributed by atoms with E-state index in [2.05, 4.69) is 31.9 Å². The van der Waals surface area contributed by atoms with Gasteiger partial charge in [0.1, 0.15) is 12.2 Å². The Hall–Kier alpha value is 0.290. The molecule has 86 valence electrons. The summed E-state index contributed by atoms with van der Waals surface area (Å²) in [6.45, 7) is 5.43. The molecule has 0 unspecified atom stereocenters. The number of hydrogen-bond acceptors (Lipinski definition) is 3. The Balaban J connectivity index is 2.84. The van der Waals surface area contributed by atoms with Crippen LogP contribution in [0.25, 0.3) is 0 Å². The maximum Gasteiger partial charge on any atom is 0.164 e. The lowest BCUT2D eigenvalue weighted by Crippen LogP contribution is -2.30. The molecule has 0 aromatic carbocycles. The molecule has 1 saturated heterocycles. The van der Waals surface area contributed by atoms with Crippen LogP contribution in [0.2, 0.25) is 0 Å². The topological polar surface area (TPSA) is 35.5 Å². The molecule has 0 saturated carbocycles. The van der Waals surface area contributed by atoms with Crippen molar-refractivity contribution in [3.8, 4) is 0 Å². The van der Waals surface area contributed by atoms with E-state index >= 15 is 0 Å². The smallest absolute Gasteiger partial charge is 0.164 e. The van der Waals surface area contributed by atoms with Crippen LogP contribution >= 0.6 is 31.9 Å². The lowest BCUT2D eigenvalue weighted by molar-refractivity contribution is -0.153. The van der Waals surface area contributed by atoms with E-state index < -0.39 is 11.9 Å². The second kappa shape index (κ2) is 5.08. The third-order valence-corrected chi connectivity index (χ3v) is 2.61. The van der Waals surface area contributed by atoms with Crippen LogP contribution in [-0.2, 0) is 14.3 Å². The fourth-order valence-electron chi connectivity index (χ4n) is 1.49. The van der Waals surface area contributed by atoms with Gasteiger partial charge in [0.2, 0.25) is 0 Å². The van der Waals surface area contributed by atoms with Crippen molar-refractivity contribution in [1.29, 1.82) is 0 Å². The van der Waals surface area contributed by atoms with Crippen LogP contribution in [0.1, 0.15) is 27.2 Å². The SMILES string of the molecule is CCC(=O)[C@@H]1OC(C)(C)O[C@@H]1C=C(Br)Br. The first kappa shape index (κ1) is 13.4. The highest BCUT2D eigenvalue weighted by Gasteiger charge is 2.43. The molecule has 0 aromatic rings. The second-order valence-corrected chi connectivity index (χ2v) is 6.57. The first-order chi connectivity index (χ1) is 6.85. The fourth-order valence-corrected chi connectivity index (χ4v) is 2.01. The third kappa shape index (κ3) is 3.66. The number of carbonyl (C=O) groups is 1. The molecule has 1 aliphatic heterocycles. The Labute approximate surface area is 106 Å². The van der Waals surface area contributed by atoms with E-state index in [0.29, 0.717) is 6.42 Å². The van der Waals surface area contributed by atoms with Gasteiger partial charge >= 0.3 is 0 Å². The number of ketones is 1. The summed E-state index contributed by atoms with van der Waals surface area (Å²) in [6, 6.07) is 0. The van der Waals surface area contributed by atoms with E-state index in [1.54, 1.807) is 19.9 Å². The summed E-state index contributed by atoms with van der Waals surface area (Å²) in [5, 5.41) is 0. The zero-order valence-corrected chi connectivity index (χ0v) is 12.1. The van der Waals surface area contributed by atoms with Gasteiger partial charge in [0.05, 0.1) is 3.39 Å². The Morgan fingerprint density at radius 2 is 2.00 bits per heavy atom. The molecule has 1 aliphatic rings.